The van der Waals surface area contributed by atoms with Crippen molar-refractivity contribution in [3.05, 3.63) is 63.1 Å². The van der Waals surface area contributed by atoms with Crippen LogP contribution in [0.2, 0.25) is 10.0 Å². The van der Waals surface area contributed by atoms with Crippen LogP contribution in [0, 0.1) is 6.92 Å². The quantitative estimate of drug-likeness (QED) is 0.887. The summed E-state index contributed by atoms with van der Waals surface area (Å²) in [6.45, 7) is 1.89. The average Bonchev–Trinajstić information content (AvgIpc) is 2.41. The zero-order valence-electron chi connectivity index (χ0n) is 11.0. The fourth-order valence-corrected chi connectivity index (χ4v) is 2.16. The molecule has 1 amide bonds. The summed E-state index contributed by atoms with van der Waals surface area (Å²) in [6, 6.07) is 9.57. The van der Waals surface area contributed by atoms with Gasteiger partial charge in [0.1, 0.15) is 0 Å². The van der Waals surface area contributed by atoms with Gasteiger partial charge in [0, 0.05) is 5.69 Å². The molecule has 0 bridgehead atoms. The van der Waals surface area contributed by atoms with E-state index in [-0.39, 0.29) is 21.2 Å². The monoisotopic (exact) mass is 323 g/mol. The Labute approximate surface area is 131 Å². The standard InChI is InChI=1S/C15H11Cl2NO3/c1-8-3-2-4-9(5-8)18-14(19)10-6-12(16)13(17)7-11(10)15(20)21/h2-7H,1H3,(H,18,19)(H,20,21). The first-order valence-corrected chi connectivity index (χ1v) is 6.74. The lowest BCUT2D eigenvalue weighted by molar-refractivity contribution is 0.0692. The van der Waals surface area contributed by atoms with E-state index in [0.717, 1.165) is 11.6 Å². The van der Waals surface area contributed by atoms with Gasteiger partial charge in [0.2, 0.25) is 0 Å². The number of hydrogen-bond donors (Lipinski definition) is 2. The van der Waals surface area contributed by atoms with Crippen molar-refractivity contribution in [2.45, 2.75) is 6.92 Å². The van der Waals surface area contributed by atoms with E-state index in [1.54, 1.807) is 18.2 Å². The summed E-state index contributed by atoms with van der Waals surface area (Å²) in [5, 5.41) is 12.0. The molecule has 0 spiro atoms. The molecule has 0 aromatic heterocycles. The third kappa shape index (κ3) is 3.54. The molecule has 0 heterocycles. The summed E-state index contributed by atoms with van der Waals surface area (Å²) in [6.07, 6.45) is 0. The summed E-state index contributed by atoms with van der Waals surface area (Å²) < 4.78 is 0. The number of aryl methyl sites for hydroxylation is 1. The molecular formula is C15H11Cl2NO3. The summed E-state index contributed by atoms with van der Waals surface area (Å²) in [7, 11) is 0. The number of carboxylic acid groups (broad SMARTS) is 1. The van der Waals surface area contributed by atoms with Gasteiger partial charge in [-0.25, -0.2) is 4.79 Å². The molecule has 2 rings (SSSR count). The number of carbonyl (C=O) groups is 2. The third-order valence-electron chi connectivity index (χ3n) is 2.81. The molecule has 2 aromatic carbocycles. The Balaban J connectivity index is 2.39. The van der Waals surface area contributed by atoms with Gasteiger partial charge in [-0.3, -0.25) is 4.79 Å². The number of rotatable bonds is 3. The number of anilines is 1. The first-order chi connectivity index (χ1) is 9.88. The van der Waals surface area contributed by atoms with E-state index >= 15 is 0 Å². The van der Waals surface area contributed by atoms with E-state index in [2.05, 4.69) is 5.32 Å². The maximum Gasteiger partial charge on any atom is 0.336 e. The maximum atomic E-state index is 12.2. The second kappa shape index (κ2) is 6.16. The Kier molecular flexibility index (Phi) is 4.50. The number of amides is 1. The zero-order valence-corrected chi connectivity index (χ0v) is 12.5. The second-order valence-electron chi connectivity index (χ2n) is 4.44. The van der Waals surface area contributed by atoms with E-state index in [0.29, 0.717) is 5.69 Å². The van der Waals surface area contributed by atoms with Crippen molar-refractivity contribution in [1.29, 1.82) is 0 Å². The van der Waals surface area contributed by atoms with E-state index in [4.69, 9.17) is 28.3 Å². The number of carboxylic acids is 1. The molecule has 2 N–H and O–H groups in total. The molecule has 21 heavy (non-hydrogen) atoms. The van der Waals surface area contributed by atoms with Gasteiger partial charge in [-0.2, -0.15) is 0 Å². The first-order valence-electron chi connectivity index (χ1n) is 5.99. The van der Waals surface area contributed by atoms with Gasteiger partial charge in [0.15, 0.2) is 0 Å². The number of carbonyl (C=O) groups excluding carboxylic acids is 1. The Morgan fingerprint density at radius 3 is 2.24 bits per heavy atom. The largest absolute Gasteiger partial charge is 0.478 e. The van der Waals surface area contributed by atoms with Crippen molar-refractivity contribution in [2.24, 2.45) is 0 Å². The van der Waals surface area contributed by atoms with E-state index < -0.39 is 11.9 Å². The summed E-state index contributed by atoms with van der Waals surface area (Å²) >= 11 is 11.6. The van der Waals surface area contributed by atoms with Gasteiger partial charge in [-0.1, -0.05) is 35.3 Å². The van der Waals surface area contributed by atoms with Crippen molar-refractivity contribution >= 4 is 40.8 Å². The van der Waals surface area contributed by atoms with Crippen LogP contribution < -0.4 is 5.32 Å². The van der Waals surface area contributed by atoms with E-state index in [1.807, 2.05) is 13.0 Å². The smallest absolute Gasteiger partial charge is 0.336 e. The maximum absolute atomic E-state index is 12.2. The number of hydrogen-bond acceptors (Lipinski definition) is 2. The lowest BCUT2D eigenvalue weighted by Gasteiger charge is -2.10. The van der Waals surface area contributed by atoms with E-state index in [1.165, 1.54) is 6.07 Å². The summed E-state index contributed by atoms with van der Waals surface area (Å²) in [4.78, 5) is 23.5. The molecule has 4 nitrogen and oxygen atoms in total. The molecule has 2 aromatic rings. The molecule has 0 fully saturated rings. The van der Waals surface area contributed by atoms with Gasteiger partial charge < -0.3 is 10.4 Å². The normalized spacial score (nSPS) is 10.2. The zero-order chi connectivity index (χ0) is 15.6. The molecular weight excluding hydrogens is 313 g/mol. The topological polar surface area (TPSA) is 66.4 Å². The second-order valence-corrected chi connectivity index (χ2v) is 5.26. The highest BCUT2D eigenvalue weighted by Gasteiger charge is 2.19. The number of aromatic carboxylic acids is 1. The Morgan fingerprint density at radius 2 is 1.67 bits per heavy atom. The minimum absolute atomic E-state index is 0.0431. The van der Waals surface area contributed by atoms with Gasteiger partial charge >= 0.3 is 5.97 Å². The van der Waals surface area contributed by atoms with Crippen molar-refractivity contribution in [3.63, 3.8) is 0 Å². The molecule has 0 aliphatic carbocycles. The van der Waals surface area contributed by atoms with Crippen molar-refractivity contribution < 1.29 is 14.7 Å². The summed E-state index contributed by atoms with van der Waals surface area (Å²) in [5.41, 5.74) is 1.30. The summed E-state index contributed by atoms with van der Waals surface area (Å²) in [5.74, 6) is -1.81. The van der Waals surface area contributed by atoms with Crippen LogP contribution in [0.15, 0.2) is 36.4 Å². The fraction of sp³-hybridized carbons (Fsp3) is 0.0667. The van der Waals surface area contributed by atoms with Crippen molar-refractivity contribution in [3.8, 4) is 0 Å². The fourth-order valence-electron chi connectivity index (χ4n) is 1.83. The van der Waals surface area contributed by atoms with Crippen LogP contribution in [0.1, 0.15) is 26.3 Å². The van der Waals surface area contributed by atoms with Crippen LogP contribution >= 0.6 is 23.2 Å². The van der Waals surface area contributed by atoms with Crippen LogP contribution in [0.25, 0.3) is 0 Å². The van der Waals surface area contributed by atoms with Crippen molar-refractivity contribution in [1.82, 2.24) is 0 Å². The average molecular weight is 324 g/mol. The molecule has 6 heteroatoms. The predicted octanol–water partition coefficient (Wildman–Crippen LogP) is 4.25. The third-order valence-corrected chi connectivity index (χ3v) is 3.53. The van der Waals surface area contributed by atoms with Crippen LogP contribution in [0.3, 0.4) is 0 Å². The van der Waals surface area contributed by atoms with Crippen LogP contribution in [0.4, 0.5) is 5.69 Å². The first kappa shape index (κ1) is 15.4. The Bertz CT molecular complexity index is 729. The Hall–Kier alpha value is -2.04. The minimum atomic E-state index is -1.25. The highest BCUT2D eigenvalue weighted by Crippen LogP contribution is 2.26. The molecule has 108 valence electrons. The van der Waals surface area contributed by atoms with Gasteiger partial charge in [-0.15, -0.1) is 0 Å². The minimum Gasteiger partial charge on any atom is -0.478 e. The molecule has 0 saturated heterocycles. The molecule has 0 radical (unpaired) electrons. The van der Waals surface area contributed by atoms with Gasteiger partial charge in [-0.05, 0) is 36.8 Å². The van der Waals surface area contributed by atoms with Gasteiger partial charge in [0.05, 0.1) is 21.2 Å². The highest BCUT2D eigenvalue weighted by atomic mass is 35.5. The van der Waals surface area contributed by atoms with Crippen molar-refractivity contribution in [2.75, 3.05) is 5.32 Å². The number of benzene rings is 2. The predicted molar refractivity (Wildman–Crippen MR) is 82.6 cm³/mol. The highest BCUT2D eigenvalue weighted by molar-refractivity contribution is 6.42. The van der Waals surface area contributed by atoms with Crippen LogP contribution in [0.5, 0.6) is 0 Å². The number of nitrogens with one attached hydrogen (secondary N) is 1. The molecule has 0 saturated carbocycles. The molecule has 0 atom stereocenters. The molecule has 0 aliphatic rings. The lowest BCUT2D eigenvalue weighted by atomic mass is 10.1. The Morgan fingerprint density at radius 1 is 1.05 bits per heavy atom. The molecule has 0 aliphatic heterocycles. The van der Waals surface area contributed by atoms with Gasteiger partial charge in [0.25, 0.3) is 5.91 Å². The number of halogens is 2. The van der Waals surface area contributed by atoms with Crippen LogP contribution in [-0.4, -0.2) is 17.0 Å². The lowest BCUT2D eigenvalue weighted by Crippen LogP contribution is -2.16. The molecule has 0 unspecified atom stereocenters. The van der Waals surface area contributed by atoms with Crippen LogP contribution in [-0.2, 0) is 0 Å². The SMILES string of the molecule is Cc1cccc(NC(=O)c2cc(Cl)c(Cl)cc2C(=O)O)c1. The van der Waals surface area contributed by atoms with E-state index in [9.17, 15) is 9.59 Å².